The van der Waals surface area contributed by atoms with Crippen molar-refractivity contribution in [1.82, 2.24) is 0 Å². The van der Waals surface area contributed by atoms with E-state index in [0.717, 1.165) is 30.4 Å². The van der Waals surface area contributed by atoms with Gasteiger partial charge in [-0.25, -0.2) is 0 Å². The molecule has 1 atom stereocenters. The number of nitrogens with one attached hydrogen (secondary N) is 1. The summed E-state index contributed by atoms with van der Waals surface area (Å²) >= 11 is 1.49. The minimum Gasteiger partial charge on any atom is -0.476 e. The van der Waals surface area contributed by atoms with E-state index in [-0.39, 0.29) is 18.4 Å². The van der Waals surface area contributed by atoms with E-state index in [1.165, 1.54) is 21.1 Å². The van der Waals surface area contributed by atoms with Gasteiger partial charge in [0.05, 0.1) is 11.3 Å². The summed E-state index contributed by atoms with van der Waals surface area (Å²) in [6, 6.07) is 7.86. The summed E-state index contributed by atoms with van der Waals surface area (Å²) in [5.74, 6) is 0.572. The largest absolute Gasteiger partial charge is 0.476 e. The Morgan fingerprint density at radius 3 is 2.93 bits per heavy atom. The van der Waals surface area contributed by atoms with E-state index < -0.39 is 5.60 Å². The number of anilines is 2. The average molecular weight is 424 g/mol. The first kappa shape index (κ1) is 20.4. The van der Waals surface area contributed by atoms with Crippen molar-refractivity contribution >= 4 is 33.8 Å². The van der Waals surface area contributed by atoms with Crippen LogP contribution in [-0.2, 0) is 22.4 Å². The molecule has 1 aromatic carbocycles. The number of amides is 2. The molecule has 0 saturated carbocycles. The SMILES string of the molecule is Cc1ccc2c(c1)N(CC(=O)Nc1sc3c(c1C#N)CCC(C)C3)C(=O)C(C)(C)O2. The number of nitriles is 1. The zero-order valence-corrected chi connectivity index (χ0v) is 18.5. The number of nitrogens with zero attached hydrogens (tertiary/aromatic N) is 2. The highest BCUT2D eigenvalue weighted by Gasteiger charge is 2.41. The molecule has 0 spiro atoms. The summed E-state index contributed by atoms with van der Waals surface area (Å²) in [5.41, 5.74) is 2.15. The normalized spacial score (nSPS) is 19.4. The lowest BCUT2D eigenvalue weighted by Crippen LogP contribution is -2.54. The van der Waals surface area contributed by atoms with Gasteiger partial charge in [-0.2, -0.15) is 5.26 Å². The number of carbonyl (C=O) groups excluding carboxylic acids is 2. The van der Waals surface area contributed by atoms with Gasteiger partial charge in [-0.1, -0.05) is 13.0 Å². The van der Waals surface area contributed by atoms with Gasteiger partial charge in [0.2, 0.25) is 5.91 Å². The maximum absolute atomic E-state index is 13.0. The predicted octanol–water partition coefficient (Wildman–Crippen LogP) is 4.20. The van der Waals surface area contributed by atoms with Gasteiger partial charge in [0.1, 0.15) is 23.4 Å². The van der Waals surface area contributed by atoms with Gasteiger partial charge >= 0.3 is 0 Å². The molecule has 0 saturated heterocycles. The lowest BCUT2D eigenvalue weighted by Gasteiger charge is -2.38. The summed E-state index contributed by atoms with van der Waals surface area (Å²) in [7, 11) is 0. The number of thiophene rings is 1. The second-order valence-electron chi connectivity index (χ2n) is 8.69. The lowest BCUT2D eigenvalue weighted by atomic mass is 9.89. The van der Waals surface area contributed by atoms with Gasteiger partial charge < -0.3 is 10.1 Å². The second kappa shape index (κ2) is 7.44. The minimum absolute atomic E-state index is 0.133. The van der Waals surface area contributed by atoms with Crippen LogP contribution in [0.3, 0.4) is 0 Å². The third-order valence-electron chi connectivity index (χ3n) is 5.71. The van der Waals surface area contributed by atoms with Crippen LogP contribution in [0.25, 0.3) is 0 Å². The monoisotopic (exact) mass is 423 g/mol. The molecule has 1 aromatic heterocycles. The molecule has 0 fully saturated rings. The third-order valence-corrected chi connectivity index (χ3v) is 6.88. The van der Waals surface area contributed by atoms with Gasteiger partial charge in [0.25, 0.3) is 5.91 Å². The molecular formula is C23H25N3O3S. The standard InChI is InChI=1S/C23H25N3O3S/c1-13-6-8-18-17(9-13)26(22(28)23(3,4)29-18)12-20(27)25-21-16(11-24)15-7-5-14(2)10-19(15)30-21/h6,8-9,14H,5,7,10,12H2,1-4H3,(H,25,27). The summed E-state index contributed by atoms with van der Waals surface area (Å²) < 4.78 is 5.85. The molecule has 2 aliphatic rings. The van der Waals surface area contributed by atoms with Crippen molar-refractivity contribution in [3.05, 3.63) is 39.8 Å². The zero-order chi connectivity index (χ0) is 21.6. The number of fused-ring (bicyclic) bond motifs is 2. The highest BCUT2D eigenvalue weighted by atomic mass is 32.1. The van der Waals surface area contributed by atoms with Crippen LogP contribution in [0.15, 0.2) is 18.2 Å². The quantitative estimate of drug-likeness (QED) is 0.802. The Labute approximate surface area is 180 Å². The van der Waals surface area contributed by atoms with E-state index >= 15 is 0 Å². The number of hydrogen-bond donors (Lipinski definition) is 1. The molecular weight excluding hydrogens is 398 g/mol. The van der Waals surface area contributed by atoms with Gasteiger partial charge in [-0.3, -0.25) is 14.5 Å². The Morgan fingerprint density at radius 2 is 2.20 bits per heavy atom. The number of aryl methyl sites for hydroxylation is 1. The van der Waals surface area contributed by atoms with E-state index in [1.54, 1.807) is 13.8 Å². The fourth-order valence-corrected chi connectivity index (χ4v) is 5.48. The highest BCUT2D eigenvalue weighted by molar-refractivity contribution is 7.16. The van der Waals surface area contributed by atoms with Gasteiger partial charge in [0, 0.05) is 4.88 Å². The van der Waals surface area contributed by atoms with E-state index in [9.17, 15) is 14.9 Å². The van der Waals surface area contributed by atoms with Crippen LogP contribution in [-0.4, -0.2) is 24.0 Å². The Morgan fingerprint density at radius 1 is 1.43 bits per heavy atom. The average Bonchev–Trinajstić information content (AvgIpc) is 3.01. The zero-order valence-electron chi connectivity index (χ0n) is 17.7. The van der Waals surface area contributed by atoms with Crippen molar-refractivity contribution < 1.29 is 14.3 Å². The molecule has 4 rings (SSSR count). The number of benzene rings is 1. The van der Waals surface area contributed by atoms with Crippen molar-refractivity contribution in [3.8, 4) is 11.8 Å². The van der Waals surface area contributed by atoms with Crippen LogP contribution in [0.5, 0.6) is 5.75 Å². The van der Waals surface area contributed by atoms with Crippen LogP contribution in [0, 0.1) is 24.2 Å². The molecule has 1 N–H and O–H groups in total. The van der Waals surface area contributed by atoms with Crippen molar-refractivity contribution in [2.75, 3.05) is 16.8 Å². The maximum atomic E-state index is 13.0. The van der Waals surface area contributed by atoms with E-state index in [4.69, 9.17) is 4.74 Å². The first-order chi connectivity index (χ1) is 14.2. The van der Waals surface area contributed by atoms with Gasteiger partial charge in [0.15, 0.2) is 5.60 Å². The number of hydrogen-bond acceptors (Lipinski definition) is 5. The molecule has 156 valence electrons. The minimum atomic E-state index is -1.06. The van der Waals surface area contributed by atoms with Crippen LogP contribution in [0.2, 0.25) is 0 Å². The summed E-state index contributed by atoms with van der Waals surface area (Å²) in [6.07, 6.45) is 2.86. The topological polar surface area (TPSA) is 82.4 Å². The molecule has 1 unspecified atom stereocenters. The summed E-state index contributed by atoms with van der Waals surface area (Å²) in [4.78, 5) is 28.6. The Bertz CT molecular complexity index is 1080. The molecule has 1 aliphatic carbocycles. The van der Waals surface area contributed by atoms with Crippen molar-refractivity contribution in [2.24, 2.45) is 5.92 Å². The summed E-state index contributed by atoms with van der Waals surface area (Å²) in [6.45, 7) is 7.40. The van der Waals surface area contributed by atoms with Crippen LogP contribution in [0.4, 0.5) is 10.7 Å². The van der Waals surface area contributed by atoms with Gasteiger partial charge in [-0.05, 0) is 69.2 Å². The molecule has 30 heavy (non-hydrogen) atoms. The molecule has 0 bridgehead atoms. The van der Waals surface area contributed by atoms with Crippen LogP contribution in [0.1, 0.15) is 48.8 Å². The van der Waals surface area contributed by atoms with E-state index in [2.05, 4.69) is 18.3 Å². The molecule has 1 aliphatic heterocycles. The van der Waals surface area contributed by atoms with Crippen molar-refractivity contribution in [3.63, 3.8) is 0 Å². The smallest absolute Gasteiger partial charge is 0.271 e. The first-order valence-electron chi connectivity index (χ1n) is 10.2. The third kappa shape index (κ3) is 3.56. The van der Waals surface area contributed by atoms with Crippen LogP contribution >= 0.6 is 11.3 Å². The molecule has 0 radical (unpaired) electrons. The number of carbonyl (C=O) groups is 2. The molecule has 6 nitrogen and oxygen atoms in total. The Balaban J connectivity index is 1.60. The lowest BCUT2D eigenvalue weighted by molar-refractivity contribution is -0.133. The summed E-state index contributed by atoms with van der Waals surface area (Å²) in [5, 5.41) is 13.1. The Kier molecular flexibility index (Phi) is 5.07. The highest BCUT2D eigenvalue weighted by Crippen LogP contribution is 2.40. The fourth-order valence-electron chi connectivity index (χ4n) is 4.10. The molecule has 2 aromatic rings. The van der Waals surface area contributed by atoms with Crippen LogP contribution < -0.4 is 15.0 Å². The van der Waals surface area contributed by atoms with Gasteiger partial charge in [-0.15, -0.1) is 11.3 Å². The second-order valence-corrected chi connectivity index (χ2v) is 9.80. The Hall–Kier alpha value is -2.85. The first-order valence-corrected chi connectivity index (χ1v) is 11.0. The molecule has 7 heteroatoms. The van der Waals surface area contributed by atoms with Crippen molar-refractivity contribution in [1.29, 1.82) is 5.26 Å². The predicted molar refractivity (Wildman–Crippen MR) is 117 cm³/mol. The van der Waals surface area contributed by atoms with E-state index in [1.807, 2.05) is 25.1 Å². The number of rotatable bonds is 3. The maximum Gasteiger partial charge on any atom is 0.271 e. The molecule has 2 heterocycles. The molecule has 2 amide bonds. The van der Waals surface area contributed by atoms with E-state index in [0.29, 0.717) is 27.9 Å². The fraction of sp³-hybridized carbons (Fsp3) is 0.435. The van der Waals surface area contributed by atoms with Crippen molar-refractivity contribution in [2.45, 2.75) is 52.6 Å². The number of ether oxygens (including phenoxy) is 1.